The van der Waals surface area contributed by atoms with E-state index in [0.29, 0.717) is 23.9 Å². The number of nitrogens with one attached hydrogen (secondary N) is 1. The van der Waals surface area contributed by atoms with Gasteiger partial charge in [0.15, 0.2) is 5.82 Å². The minimum absolute atomic E-state index is 0.532. The molecule has 18 heavy (non-hydrogen) atoms. The van der Waals surface area contributed by atoms with E-state index in [2.05, 4.69) is 15.3 Å². The van der Waals surface area contributed by atoms with E-state index in [4.69, 9.17) is 10.5 Å². The molecule has 0 aromatic carbocycles. The van der Waals surface area contributed by atoms with Crippen LogP contribution in [0.5, 0.6) is 5.88 Å². The molecule has 2 heterocycles. The average molecular weight is 244 g/mol. The minimum Gasteiger partial charge on any atom is -0.481 e. The Morgan fingerprint density at radius 1 is 1.33 bits per heavy atom. The van der Waals surface area contributed by atoms with E-state index in [-0.39, 0.29) is 0 Å². The number of nitrogens with two attached hydrogens (primary N) is 1. The predicted octanol–water partition coefficient (Wildman–Crippen LogP) is 1.99. The molecule has 0 unspecified atom stereocenters. The monoisotopic (exact) mass is 244 g/mol. The Labute approximate surface area is 106 Å². The lowest BCUT2D eigenvalue weighted by atomic mass is 10.2. The summed E-state index contributed by atoms with van der Waals surface area (Å²) in [6.45, 7) is 2.60. The average Bonchev–Trinajstić information content (AvgIpc) is 2.39. The maximum atomic E-state index is 5.85. The van der Waals surface area contributed by atoms with Gasteiger partial charge < -0.3 is 15.8 Å². The van der Waals surface area contributed by atoms with Crippen LogP contribution in [0.2, 0.25) is 0 Å². The largest absolute Gasteiger partial charge is 0.481 e. The molecule has 0 bridgehead atoms. The lowest BCUT2D eigenvalue weighted by Crippen LogP contribution is -2.07. The van der Waals surface area contributed by atoms with Crippen molar-refractivity contribution in [1.29, 1.82) is 0 Å². The second kappa shape index (κ2) is 5.35. The van der Waals surface area contributed by atoms with Gasteiger partial charge in [0.05, 0.1) is 25.0 Å². The van der Waals surface area contributed by atoms with Crippen molar-refractivity contribution in [2.75, 3.05) is 18.2 Å². The lowest BCUT2D eigenvalue weighted by Gasteiger charge is -2.10. The molecule has 0 aliphatic rings. The number of anilines is 2. The van der Waals surface area contributed by atoms with Crippen molar-refractivity contribution in [1.82, 2.24) is 9.97 Å². The van der Waals surface area contributed by atoms with Gasteiger partial charge in [0.25, 0.3) is 0 Å². The van der Waals surface area contributed by atoms with Crippen LogP contribution in [0.15, 0.2) is 30.5 Å². The number of nitrogens with zero attached hydrogens (tertiary/aromatic N) is 2. The van der Waals surface area contributed by atoms with Gasteiger partial charge in [-0.1, -0.05) is 6.07 Å². The molecule has 0 atom stereocenters. The van der Waals surface area contributed by atoms with E-state index in [9.17, 15) is 0 Å². The fourth-order valence-electron chi connectivity index (χ4n) is 1.58. The number of nitrogen functional groups attached to an aromatic ring is 1. The van der Waals surface area contributed by atoms with Gasteiger partial charge in [-0.2, -0.15) is 4.98 Å². The van der Waals surface area contributed by atoms with Crippen LogP contribution >= 0.6 is 0 Å². The Hall–Kier alpha value is -2.30. The highest BCUT2D eigenvalue weighted by Gasteiger charge is 2.04. The normalized spacial score (nSPS) is 10.1. The molecule has 5 nitrogen and oxygen atoms in total. The van der Waals surface area contributed by atoms with Crippen molar-refractivity contribution in [2.45, 2.75) is 13.5 Å². The van der Waals surface area contributed by atoms with Gasteiger partial charge in [-0.3, -0.25) is 4.98 Å². The van der Waals surface area contributed by atoms with Crippen LogP contribution in [0.1, 0.15) is 11.3 Å². The van der Waals surface area contributed by atoms with Crippen molar-refractivity contribution in [3.63, 3.8) is 0 Å². The predicted molar refractivity (Wildman–Crippen MR) is 71.5 cm³/mol. The molecule has 0 saturated carbocycles. The van der Waals surface area contributed by atoms with E-state index in [0.717, 1.165) is 11.3 Å². The van der Waals surface area contributed by atoms with Gasteiger partial charge >= 0.3 is 0 Å². The first-order valence-corrected chi connectivity index (χ1v) is 5.65. The molecule has 2 aromatic rings. The summed E-state index contributed by atoms with van der Waals surface area (Å²) >= 11 is 0. The molecule has 2 aromatic heterocycles. The smallest absolute Gasteiger partial charge is 0.215 e. The van der Waals surface area contributed by atoms with E-state index in [1.807, 2.05) is 19.1 Å². The number of aryl methyl sites for hydroxylation is 1. The topological polar surface area (TPSA) is 73.1 Å². The van der Waals surface area contributed by atoms with Gasteiger partial charge in [-0.15, -0.1) is 0 Å². The summed E-state index contributed by atoms with van der Waals surface area (Å²) in [5.41, 5.74) is 8.54. The highest BCUT2D eigenvalue weighted by molar-refractivity contribution is 5.62. The Kier molecular flexibility index (Phi) is 3.62. The molecule has 2 rings (SSSR count). The molecule has 0 fully saturated rings. The van der Waals surface area contributed by atoms with Crippen LogP contribution in [0.4, 0.5) is 11.5 Å². The summed E-state index contributed by atoms with van der Waals surface area (Å²) in [4.78, 5) is 8.55. The van der Waals surface area contributed by atoms with Gasteiger partial charge in [0, 0.05) is 12.3 Å². The third-order valence-electron chi connectivity index (χ3n) is 2.65. The second-order valence-corrected chi connectivity index (χ2v) is 3.91. The SMILES string of the molecule is COc1ccc(N)c(NCc2ncccc2C)n1. The van der Waals surface area contributed by atoms with Crippen LogP contribution in [0.25, 0.3) is 0 Å². The standard InChI is InChI=1S/C13H16N4O/c1-9-4-3-7-15-11(9)8-16-13-10(14)5-6-12(17-13)18-2/h3-7H,8,14H2,1-2H3,(H,16,17). The molecule has 0 aliphatic carbocycles. The van der Waals surface area contributed by atoms with Crippen molar-refractivity contribution >= 4 is 11.5 Å². The van der Waals surface area contributed by atoms with E-state index in [1.54, 1.807) is 25.4 Å². The van der Waals surface area contributed by atoms with E-state index in [1.165, 1.54) is 0 Å². The minimum atomic E-state index is 0.532. The Bertz CT molecular complexity index is 542. The van der Waals surface area contributed by atoms with E-state index >= 15 is 0 Å². The number of hydrogen-bond acceptors (Lipinski definition) is 5. The second-order valence-electron chi connectivity index (χ2n) is 3.91. The van der Waals surface area contributed by atoms with Crippen LogP contribution in [-0.2, 0) is 6.54 Å². The van der Waals surface area contributed by atoms with Crippen LogP contribution < -0.4 is 15.8 Å². The Morgan fingerprint density at radius 3 is 2.89 bits per heavy atom. The van der Waals surface area contributed by atoms with Crippen molar-refractivity contribution in [2.24, 2.45) is 0 Å². The van der Waals surface area contributed by atoms with Gasteiger partial charge in [0.2, 0.25) is 5.88 Å². The maximum absolute atomic E-state index is 5.85. The zero-order valence-electron chi connectivity index (χ0n) is 10.5. The highest BCUT2D eigenvalue weighted by atomic mass is 16.5. The van der Waals surface area contributed by atoms with Crippen LogP contribution in [-0.4, -0.2) is 17.1 Å². The number of aromatic nitrogens is 2. The van der Waals surface area contributed by atoms with Gasteiger partial charge in [0.1, 0.15) is 0 Å². The first-order chi connectivity index (χ1) is 8.70. The zero-order valence-corrected chi connectivity index (χ0v) is 10.5. The Balaban J connectivity index is 2.13. The first-order valence-electron chi connectivity index (χ1n) is 5.65. The van der Waals surface area contributed by atoms with Crippen LogP contribution in [0, 0.1) is 6.92 Å². The molecular formula is C13H16N4O. The van der Waals surface area contributed by atoms with Crippen LogP contribution in [0.3, 0.4) is 0 Å². The fourth-order valence-corrected chi connectivity index (χ4v) is 1.58. The number of pyridine rings is 2. The maximum Gasteiger partial charge on any atom is 0.215 e. The molecule has 5 heteroatoms. The molecule has 0 radical (unpaired) electrons. The molecule has 94 valence electrons. The summed E-state index contributed by atoms with van der Waals surface area (Å²) in [6, 6.07) is 7.43. The van der Waals surface area contributed by atoms with Crippen molar-refractivity contribution < 1.29 is 4.74 Å². The lowest BCUT2D eigenvalue weighted by molar-refractivity contribution is 0.398. The number of rotatable bonds is 4. The summed E-state index contributed by atoms with van der Waals surface area (Å²) in [5, 5.41) is 3.17. The fraction of sp³-hybridized carbons (Fsp3) is 0.231. The quantitative estimate of drug-likeness (QED) is 0.860. The van der Waals surface area contributed by atoms with Gasteiger partial charge in [-0.05, 0) is 24.6 Å². The molecule has 0 aliphatic heterocycles. The third-order valence-corrected chi connectivity index (χ3v) is 2.65. The summed E-state index contributed by atoms with van der Waals surface area (Å²) < 4.78 is 5.06. The van der Waals surface area contributed by atoms with Gasteiger partial charge in [-0.25, -0.2) is 0 Å². The zero-order chi connectivity index (χ0) is 13.0. The summed E-state index contributed by atoms with van der Waals surface area (Å²) in [7, 11) is 1.57. The van der Waals surface area contributed by atoms with Crippen molar-refractivity contribution in [3.05, 3.63) is 41.7 Å². The first kappa shape index (κ1) is 12.2. The number of methoxy groups -OCH3 is 1. The Morgan fingerprint density at radius 2 is 2.17 bits per heavy atom. The number of hydrogen-bond donors (Lipinski definition) is 2. The third kappa shape index (κ3) is 2.68. The summed E-state index contributed by atoms with van der Waals surface area (Å²) in [6.07, 6.45) is 1.77. The molecule has 0 saturated heterocycles. The number of ether oxygens (including phenoxy) is 1. The molecule has 0 spiro atoms. The van der Waals surface area contributed by atoms with E-state index < -0.39 is 0 Å². The molecule has 3 N–H and O–H groups in total. The summed E-state index contributed by atoms with van der Waals surface area (Å²) in [5.74, 6) is 1.14. The molecular weight excluding hydrogens is 228 g/mol. The highest BCUT2D eigenvalue weighted by Crippen LogP contribution is 2.20. The van der Waals surface area contributed by atoms with Crippen molar-refractivity contribution in [3.8, 4) is 5.88 Å². The molecule has 0 amide bonds.